The Labute approximate surface area is 76.2 Å². The van der Waals surface area contributed by atoms with E-state index in [-0.39, 0.29) is 17.1 Å². The number of nitrogens with one attached hydrogen (secondary N) is 1. The van der Waals surface area contributed by atoms with Crippen molar-refractivity contribution < 1.29 is 9.84 Å². The van der Waals surface area contributed by atoms with E-state index in [0.717, 1.165) is 0 Å². The van der Waals surface area contributed by atoms with E-state index >= 15 is 0 Å². The van der Waals surface area contributed by atoms with Gasteiger partial charge in [-0.15, -0.1) is 0 Å². The Morgan fingerprint density at radius 3 is 2.62 bits per heavy atom. The van der Waals surface area contributed by atoms with E-state index in [1.54, 1.807) is 20.8 Å². The van der Waals surface area contributed by atoms with Crippen molar-refractivity contribution in [2.24, 2.45) is 0 Å². The van der Waals surface area contributed by atoms with Crippen molar-refractivity contribution in [2.75, 3.05) is 6.61 Å². The van der Waals surface area contributed by atoms with Crippen molar-refractivity contribution in [3.05, 3.63) is 21.6 Å². The number of aromatic nitrogens is 1. The summed E-state index contributed by atoms with van der Waals surface area (Å²) in [5.74, 6) is -0.0614. The third-order valence-corrected chi connectivity index (χ3v) is 1.93. The van der Waals surface area contributed by atoms with Crippen LogP contribution in [0.3, 0.4) is 0 Å². The van der Waals surface area contributed by atoms with Gasteiger partial charge in [-0.25, -0.2) is 0 Å². The molecule has 1 aromatic rings. The van der Waals surface area contributed by atoms with Gasteiger partial charge in [0.15, 0.2) is 5.75 Å². The Morgan fingerprint density at radius 2 is 2.08 bits per heavy atom. The number of aryl methyl sites for hydroxylation is 1. The first-order valence-corrected chi connectivity index (χ1v) is 4.13. The maximum absolute atomic E-state index is 11.3. The minimum absolute atomic E-state index is 0.00519. The molecule has 0 unspecified atom stereocenters. The Bertz CT molecular complexity index is 368. The monoisotopic (exact) mass is 183 g/mol. The molecule has 4 nitrogen and oxygen atoms in total. The van der Waals surface area contributed by atoms with Crippen LogP contribution in [0.4, 0.5) is 0 Å². The van der Waals surface area contributed by atoms with E-state index < -0.39 is 0 Å². The second-order valence-corrected chi connectivity index (χ2v) is 2.81. The zero-order valence-corrected chi connectivity index (χ0v) is 7.97. The predicted octanol–water partition coefficient (Wildman–Crippen LogP) is 1.10. The zero-order valence-electron chi connectivity index (χ0n) is 7.97. The van der Waals surface area contributed by atoms with Gasteiger partial charge >= 0.3 is 0 Å². The van der Waals surface area contributed by atoms with Crippen LogP contribution in [0, 0.1) is 13.8 Å². The molecule has 0 aliphatic carbocycles. The smallest absolute Gasteiger partial charge is 0.294 e. The highest BCUT2D eigenvalue weighted by Crippen LogP contribution is 2.26. The first-order valence-electron chi connectivity index (χ1n) is 4.13. The average molecular weight is 183 g/mol. The molecule has 13 heavy (non-hydrogen) atoms. The van der Waals surface area contributed by atoms with E-state index in [1.807, 2.05) is 0 Å². The number of H-pyrrole nitrogens is 1. The number of hydrogen-bond acceptors (Lipinski definition) is 3. The van der Waals surface area contributed by atoms with Crippen molar-refractivity contribution in [1.82, 2.24) is 4.98 Å². The number of aromatic amines is 1. The molecule has 0 bridgehead atoms. The normalized spacial score (nSPS) is 10.1. The molecular weight excluding hydrogens is 170 g/mol. The molecule has 0 saturated heterocycles. The first kappa shape index (κ1) is 9.64. The fraction of sp³-hybridized carbons (Fsp3) is 0.444. The SMILES string of the molecule is CCOc1c(O)c(C)c(C)[nH]c1=O. The Kier molecular flexibility index (Phi) is 2.60. The number of aromatic hydroxyl groups is 1. The number of ether oxygens (including phenoxy) is 1. The van der Waals surface area contributed by atoms with Crippen molar-refractivity contribution in [1.29, 1.82) is 0 Å². The molecule has 0 radical (unpaired) electrons. The topological polar surface area (TPSA) is 62.3 Å². The van der Waals surface area contributed by atoms with Crippen LogP contribution >= 0.6 is 0 Å². The molecule has 0 aliphatic rings. The van der Waals surface area contributed by atoms with Crippen LogP contribution in [0.25, 0.3) is 0 Å². The molecule has 0 fully saturated rings. The first-order chi connectivity index (χ1) is 6.07. The standard InChI is InChI=1S/C9H13NO3/c1-4-13-8-7(11)5(2)6(3)10-9(8)12/h4H2,1-3H3,(H2,10,11,12). The van der Waals surface area contributed by atoms with Crippen molar-refractivity contribution in [2.45, 2.75) is 20.8 Å². The number of rotatable bonds is 2. The van der Waals surface area contributed by atoms with Gasteiger partial charge in [-0.05, 0) is 20.8 Å². The summed E-state index contributed by atoms with van der Waals surface area (Å²) < 4.78 is 5.01. The quantitative estimate of drug-likeness (QED) is 0.721. The van der Waals surface area contributed by atoms with E-state index in [2.05, 4.69) is 4.98 Å². The van der Waals surface area contributed by atoms with Gasteiger partial charge in [0.05, 0.1) is 6.61 Å². The lowest BCUT2D eigenvalue weighted by Crippen LogP contribution is -2.13. The van der Waals surface area contributed by atoms with Gasteiger partial charge in [-0.2, -0.15) is 0 Å². The van der Waals surface area contributed by atoms with Crippen LogP contribution in [0.15, 0.2) is 4.79 Å². The summed E-state index contributed by atoms with van der Waals surface area (Å²) in [4.78, 5) is 13.9. The van der Waals surface area contributed by atoms with Crippen molar-refractivity contribution >= 4 is 0 Å². The third-order valence-electron chi connectivity index (χ3n) is 1.93. The number of pyridine rings is 1. The van der Waals surface area contributed by atoms with Gasteiger partial charge in [-0.1, -0.05) is 0 Å². The van der Waals surface area contributed by atoms with Gasteiger partial charge in [0, 0.05) is 11.3 Å². The minimum Gasteiger partial charge on any atom is -0.504 e. The lowest BCUT2D eigenvalue weighted by atomic mass is 10.2. The summed E-state index contributed by atoms with van der Waals surface area (Å²) in [7, 11) is 0. The Morgan fingerprint density at radius 1 is 1.46 bits per heavy atom. The largest absolute Gasteiger partial charge is 0.504 e. The van der Waals surface area contributed by atoms with Gasteiger partial charge in [-0.3, -0.25) is 4.79 Å². The number of hydrogen-bond donors (Lipinski definition) is 2. The molecular formula is C9H13NO3. The highest BCUT2D eigenvalue weighted by molar-refractivity contribution is 5.44. The molecule has 72 valence electrons. The van der Waals surface area contributed by atoms with E-state index in [9.17, 15) is 9.90 Å². The summed E-state index contributed by atoms with van der Waals surface area (Å²) in [6.45, 7) is 5.57. The fourth-order valence-corrected chi connectivity index (χ4v) is 1.05. The summed E-state index contributed by atoms with van der Waals surface area (Å²) in [5, 5.41) is 9.55. The Balaban J connectivity index is 3.35. The highest BCUT2D eigenvalue weighted by atomic mass is 16.5. The molecule has 0 aliphatic heterocycles. The van der Waals surface area contributed by atoms with Crippen LogP contribution < -0.4 is 10.3 Å². The predicted molar refractivity (Wildman–Crippen MR) is 49.4 cm³/mol. The molecule has 0 amide bonds. The lowest BCUT2D eigenvalue weighted by Gasteiger charge is -2.08. The second-order valence-electron chi connectivity index (χ2n) is 2.81. The Hall–Kier alpha value is -1.45. The maximum atomic E-state index is 11.3. The molecule has 1 heterocycles. The van der Waals surface area contributed by atoms with E-state index in [0.29, 0.717) is 17.9 Å². The minimum atomic E-state index is -0.387. The van der Waals surface area contributed by atoms with Gasteiger partial charge in [0.25, 0.3) is 5.56 Å². The van der Waals surface area contributed by atoms with Crippen LogP contribution in [-0.4, -0.2) is 16.7 Å². The zero-order chi connectivity index (χ0) is 10.0. The molecule has 0 aromatic carbocycles. The molecule has 2 N–H and O–H groups in total. The average Bonchev–Trinajstić information content (AvgIpc) is 2.09. The molecule has 0 atom stereocenters. The van der Waals surface area contributed by atoms with Crippen LogP contribution in [0.2, 0.25) is 0 Å². The fourth-order valence-electron chi connectivity index (χ4n) is 1.05. The molecule has 0 saturated carbocycles. The van der Waals surface area contributed by atoms with E-state index in [1.165, 1.54) is 0 Å². The molecule has 0 spiro atoms. The summed E-state index contributed by atoms with van der Waals surface area (Å²) in [6.07, 6.45) is 0. The van der Waals surface area contributed by atoms with Crippen LogP contribution in [0.1, 0.15) is 18.2 Å². The van der Waals surface area contributed by atoms with Gasteiger partial charge < -0.3 is 14.8 Å². The van der Waals surface area contributed by atoms with Crippen LogP contribution in [-0.2, 0) is 0 Å². The highest BCUT2D eigenvalue weighted by Gasteiger charge is 2.12. The lowest BCUT2D eigenvalue weighted by molar-refractivity contribution is 0.311. The van der Waals surface area contributed by atoms with Crippen molar-refractivity contribution in [3.63, 3.8) is 0 Å². The summed E-state index contributed by atoms with van der Waals surface area (Å²) in [5.41, 5.74) is 0.913. The molecule has 1 aromatic heterocycles. The molecule has 4 heteroatoms. The third kappa shape index (κ3) is 1.66. The maximum Gasteiger partial charge on any atom is 0.294 e. The van der Waals surface area contributed by atoms with Gasteiger partial charge in [0.1, 0.15) is 0 Å². The summed E-state index contributed by atoms with van der Waals surface area (Å²) in [6, 6.07) is 0. The molecule has 1 rings (SSSR count). The second kappa shape index (κ2) is 3.51. The van der Waals surface area contributed by atoms with Crippen LogP contribution in [0.5, 0.6) is 11.5 Å². The van der Waals surface area contributed by atoms with Crippen molar-refractivity contribution in [3.8, 4) is 11.5 Å². The van der Waals surface area contributed by atoms with E-state index in [4.69, 9.17) is 4.74 Å². The summed E-state index contributed by atoms with van der Waals surface area (Å²) >= 11 is 0. The van der Waals surface area contributed by atoms with Gasteiger partial charge in [0.2, 0.25) is 5.75 Å².